The van der Waals surface area contributed by atoms with Gasteiger partial charge in [-0.15, -0.1) is 0 Å². The number of nitrogens with zero attached hydrogens (tertiary/aromatic N) is 2. The Morgan fingerprint density at radius 3 is 2.80 bits per heavy atom. The highest BCUT2D eigenvalue weighted by Gasteiger charge is 2.28. The quantitative estimate of drug-likeness (QED) is 0.473. The second-order valence-corrected chi connectivity index (χ2v) is 7.98. The van der Waals surface area contributed by atoms with Crippen molar-refractivity contribution < 1.29 is 19.0 Å². The van der Waals surface area contributed by atoms with E-state index in [1.807, 2.05) is 18.2 Å². The molecule has 0 spiro atoms. The van der Waals surface area contributed by atoms with Gasteiger partial charge in [0, 0.05) is 23.3 Å². The summed E-state index contributed by atoms with van der Waals surface area (Å²) in [6, 6.07) is 5.84. The van der Waals surface area contributed by atoms with E-state index in [4.69, 9.17) is 4.74 Å². The molecule has 8 nitrogen and oxygen atoms in total. The van der Waals surface area contributed by atoms with E-state index in [1.54, 1.807) is 12.4 Å². The van der Waals surface area contributed by atoms with Crippen molar-refractivity contribution in [3.05, 3.63) is 42.4 Å². The molecule has 0 aliphatic carbocycles. The molecule has 2 aromatic heterocycles. The number of ether oxygens (including phenoxy) is 1. The lowest BCUT2D eigenvalue weighted by molar-refractivity contribution is -0.00178. The zero-order valence-electron chi connectivity index (χ0n) is 16.8. The highest BCUT2D eigenvalue weighted by Crippen LogP contribution is 2.31. The largest absolute Gasteiger partial charge is 0.387 e. The molecule has 4 N–H and O–H groups in total. The molecule has 1 aliphatic heterocycles. The van der Waals surface area contributed by atoms with Crippen LogP contribution < -0.4 is 10.6 Å². The van der Waals surface area contributed by atoms with E-state index in [0.717, 1.165) is 22.0 Å². The Morgan fingerprint density at radius 1 is 1.37 bits per heavy atom. The molecule has 1 saturated heterocycles. The van der Waals surface area contributed by atoms with Crippen molar-refractivity contribution in [2.75, 3.05) is 25.1 Å². The van der Waals surface area contributed by atoms with E-state index < -0.39 is 17.7 Å². The fraction of sp³-hybridized carbons (Fsp3) is 0.381. The minimum absolute atomic E-state index is 0.0741. The fourth-order valence-electron chi connectivity index (χ4n) is 3.16. The Labute approximate surface area is 172 Å². The Bertz CT molecular complexity index is 1040. The topological polar surface area (TPSA) is 112 Å². The standard InChI is InChI=1S/C21H24FN5O3/c1-21(2,29)18(22)9-24-20(28)16-8-23-17-4-3-12(13-6-25-26-7-13)5-15(17)19(16)27-14-10-30-11-14/h3-8,14,18,29H,9-11H2,1-2H3,(H,23,27)(H,24,28)(H,25,26). The van der Waals surface area contributed by atoms with E-state index >= 15 is 0 Å². The first kappa shape index (κ1) is 20.2. The number of hydrogen-bond donors (Lipinski definition) is 4. The van der Waals surface area contributed by atoms with Gasteiger partial charge in [0.05, 0.1) is 54.4 Å². The second kappa shape index (κ2) is 8.00. The number of carbonyl (C=O) groups excluding carboxylic acids is 1. The molecule has 158 valence electrons. The predicted molar refractivity (Wildman–Crippen MR) is 111 cm³/mol. The van der Waals surface area contributed by atoms with Gasteiger partial charge in [-0.25, -0.2) is 4.39 Å². The third kappa shape index (κ3) is 4.12. The smallest absolute Gasteiger partial charge is 0.255 e. The number of hydrogen-bond acceptors (Lipinski definition) is 6. The van der Waals surface area contributed by atoms with Crippen molar-refractivity contribution >= 4 is 22.5 Å². The normalized spacial score (nSPS) is 15.6. The lowest BCUT2D eigenvalue weighted by Gasteiger charge is -2.29. The number of H-pyrrole nitrogens is 1. The summed E-state index contributed by atoms with van der Waals surface area (Å²) in [5.74, 6) is -0.465. The van der Waals surface area contributed by atoms with Gasteiger partial charge in [0.1, 0.15) is 6.17 Å². The third-order valence-corrected chi connectivity index (χ3v) is 5.14. The number of halogens is 1. The summed E-state index contributed by atoms with van der Waals surface area (Å²) < 4.78 is 19.4. The minimum Gasteiger partial charge on any atom is -0.387 e. The van der Waals surface area contributed by atoms with Crippen molar-refractivity contribution in [3.63, 3.8) is 0 Å². The maximum atomic E-state index is 14.1. The second-order valence-electron chi connectivity index (χ2n) is 7.98. The summed E-state index contributed by atoms with van der Waals surface area (Å²) in [6.07, 6.45) is 3.39. The lowest BCUT2D eigenvalue weighted by Crippen LogP contribution is -2.43. The molecule has 0 bridgehead atoms. The molecule has 1 atom stereocenters. The van der Waals surface area contributed by atoms with Gasteiger partial charge in [0.25, 0.3) is 5.91 Å². The number of nitrogens with one attached hydrogen (secondary N) is 3. The van der Waals surface area contributed by atoms with Crippen LogP contribution in [0.3, 0.4) is 0 Å². The Kier molecular flexibility index (Phi) is 5.40. The number of aliphatic hydroxyl groups is 1. The van der Waals surface area contributed by atoms with Crippen LogP contribution in [0.4, 0.5) is 10.1 Å². The van der Waals surface area contributed by atoms with E-state index in [-0.39, 0.29) is 12.6 Å². The summed E-state index contributed by atoms with van der Waals surface area (Å²) in [5, 5.41) is 23.3. The molecule has 1 unspecified atom stereocenters. The van der Waals surface area contributed by atoms with Crippen LogP contribution in [0.25, 0.3) is 22.0 Å². The molecule has 4 rings (SSSR count). The highest BCUT2D eigenvalue weighted by atomic mass is 19.1. The van der Waals surface area contributed by atoms with Crippen LogP contribution >= 0.6 is 0 Å². The van der Waals surface area contributed by atoms with Crippen LogP contribution in [-0.4, -0.2) is 63.8 Å². The van der Waals surface area contributed by atoms with E-state index in [9.17, 15) is 14.3 Å². The van der Waals surface area contributed by atoms with Crippen LogP contribution in [0.2, 0.25) is 0 Å². The average Bonchev–Trinajstić information content (AvgIpc) is 3.22. The average molecular weight is 413 g/mol. The number of amides is 1. The van der Waals surface area contributed by atoms with Crippen molar-refractivity contribution in [2.24, 2.45) is 0 Å². The Hall–Kier alpha value is -3.04. The molecule has 30 heavy (non-hydrogen) atoms. The van der Waals surface area contributed by atoms with Crippen LogP contribution in [0.1, 0.15) is 24.2 Å². The van der Waals surface area contributed by atoms with Gasteiger partial charge >= 0.3 is 0 Å². The number of benzene rings is 1. The van der Waals surface area contributed by atoms with Gasteiger partial charge in [-0.3, -0.25) is 14.9 Å². The molecule has 3 heterocycles. The van der Waals surface area contributed by atoms with Gasteiger partial charge in [-0.2, -0.15) is 5.10 Å². The number of aromatic nitrogens is 3. The van der Waals surface area contributed by atoms with E-state index in [0.29, 0.717) is 24.5 Å². The molecule has 1 aliphatic rings. The number of aromatic amines is 1. The molecular weight excluding hydrogens is 389 g/mol. The molecular formula is C21H24FN5O3. The number of anilines is 1. The SMILES string of the molecule is CC(C)(O)C(F)CNC(=O)c1cnc2ccc(-c3cn[nH]c3)cc2c1NC1COC1. The lowest BCUT2D eigenvalue weighted by atomic mass is 10.0. The molecule has 0 radical (unpaired) electrons. The Balaban J connectivity index is 1.70. The van der Waals surface area contributed by atoms with Crippen LogP contribution in [0, 0.1) is 0 Å². The van der Waals surface area contributed by atoms with E-state index in [1.165, 1.54) is 20.0 Å². The summed E-state index contributed by atoms with van der Waals surface area (Å²) in [6.45, 7) is 3.50. The summed E-state index contributed by atoms with van der Waals surface area (Å²) in [7, 11) is 0. The number of alkyl halides is 1. The molecule has 1 fully saturated rings. The van der Waals surface area contributed by atoms with Gasteiger partial charge < -0.3 is 20.5 Å². The third-order valence-electron chi connectivity index (χ3n) is 5.14. The zero-order valence-corrected chi connectivity index (χ0v) is 16.8. The van der Waals surface area contributed by atoms with Crippen LogP contribution in [0.15, 0.2) is 36.8 Å². The van der Waals surface area contributed by atoms with Crippen molar-refractivity contribution in [1.82, 2.24) is 20.5 Å². The fourth-order valence-corrected chi connectivity index (χ4v) is 3.16. The Morgan fingerprint density at radius 2 is 2.17 bits per heavy atom. The monoisotopic (exact) mass is 413 g/mol. The molecule has 9 heteroatoms. The van der Waals surface area contributed by atoms with Gasteiger partial charge in [-0.1, -0.05) is 6.07 Å². The summed E-state index contributed by atoms with van der Waals surface area (Å²) in [4.78, 5) is 17.3. The molecule has 1 amide bonds. The first-order valence-corrected chi connectivity index (χ1v) is 9.74. The van der Waals surface area contributed by atoms with Gasteiger partial charge in [0.2, 0.25) is 0 Å². The van der Waals surface area contributed by atoms with E-state index in [2.05, 4.69) is 25.8 Å². The minimum atomic E-state index is -1.60. The van der Waals surface area contributed by atoms with Crippen LogP contribution in [0.5, 0.6) is 0 Å². The number of fused-ring (bicyclic) bond motifs is 1. The summed E-state index contributed by atoms with van der Waals surface area (Å²) in [5.41, 5.74) is 1.95. The van der Waals surface area contributed by atoms with Crippen LogP contribution in [-0.2, 0) is 4.74 Å². The maximum Gasteiger partial charge on any atom is 0.255 e. The van der Waals surface area contributed by atoms with Crippen molar-refractivity contribution in [1.29, 1.82) is 0 Å². The maximum absolute atomic E-state index is 14.1. The summed E-state index contributed by atoms with van der Waals surface area (Å²) >= 11 is 0. The molecule has 0 saturated carbocycles. The number of rotatable bonds is 7. The van der Waals surface area contributed by atoms with Gasteiger partial charge in [0.15, 0.2) is 0 Å². The van der Waals surface area contributed by atoms with Gasteiger partial charge in [-0.05, 0) is 31.5 Å². The first-order chi connectivity index (χ1) is 14.3. The van der Waals surface area contributed by atoms with Crippen molar-refractivity contribution in [3.8, 4) is 11.1 Å². The molecule has 1 aromatic carbocycles. The highest BCUT2D eigenvalue weighted by molar-refractivity contribution is 6.07. The van der Waals surface area contributed by atoms with Crippen molar-refractivity contribution in [2.45, 2.75) is 31.7 Å². The number of pyridine rings is 1. The first-order valence-electron chi connectivity index (χ1n) is 9.74. The molecule has 3 aromatic rings. The number of carbonyl (C=O) groups is 1. The predicted octanol–water partition coefficient (Wildman–Crippen LogP) is 2.27. The zero-order chi connectivity index (χ0) is 21.3.